The third-order valence-corrected chi connectivity index (χ3v) is 6.81. The van der Waals surface area contributed by atoms with Crippen LogP contribution in [0.4, 0.5) is 24.0 Å². The Morgan fingerprint density at radius 1 is 1.08 bits per heavy atom. The summed E-state index contributed by atoms with van der Waals surface area (Å²) in [5, 5.41) is 15.7. The summed E-state index contributed by atoms with van der Waals surface area (Å²) < 4.78 is 44.7. The van der Waals surface area contributed by atoms with Gasteiger partial charge in [-0.3, -0.25) is 9.59 Å². The molecule has 0 saturated heterocycles. The van der Waals surface area contributed by atoms with Crippen molar-refractivity contribution >= 4 is 44.2 Å². The highest BCUT2D eigenvalue weighted by molar-refractivity contribution is 7.22. The molecule has 192 valence electrons. The maximum Gasteiger partial charge on any atom is 0.416 e. The van der Waals surface area contributed by atoms with Gasteiger partial charge < -0.3 is 15.4 Å². The Morgan fingerprint density at radius 3 is 2.53 bits per heavy atom. The van der Waals surface area contributed by atoms with Crippen molar-refractivity contribution in [2.75, 3.05) is 10.6 Å². The number of hydrogen-bond donors (Lipinski definition) is 2. The molecule has 38 heavy (non-hydrogen) atoms. The number of thiazole rings is 1. The molecule has 0 atom stereocenters. The number of nitrogens with one attached hydrogen (secondary N) is 2. The summed E-state index contributed by atoms with van der Waals surface area (Å²) in [7, 11) is 0. The van der Waals surface area contributed by atoms with E-state index >= 15 is 0 Å². The van der Waals surface area contributed by atoms with Crippen molar-refractivity contribution in [3.05, 3.63) is 77.4 Å². The van der Waals surface area contributed by atoms with Crippen LogP contribution in [0.5, 0.6) is 11.5 Å². The number of ether oxygens (including phenoxy) is 1. The topological polar surface area (TPSA) is 104 Å². The molecule has 4 aromatic rings. The molecular weight excluding hydrogens is 517 g/mol. The minimum atomic E-state index is -4.44. The number of fused-ring (bicyclic) bond motifs is 1. The van der Waals surface area contributed by atoms with Crippen molar-refractivity contribution in [3.63, 3.8) is 0 Å². The number of aromatic nitrogens is 1. The van der Waals surface area contributed by atoms with E-state index in [0.717, 1.165) is 25.0 Å². The van der Waals surface area contributed by atoms with Crippen LogP contribution >= 0.6 is 11.3 Å². The van der Waals surface area contributed by atoms with Gasteiger partial charge in [-0.2, -0.15) is 18.4 Å². The first-order valence-corrected chi connectivity index (χ1v) is 12.4. The summed E-state index contributed by atoms with van der Waals surface area (Å²) in [5.41, 5.74) is 0.908. The van der Waals surface area contributed by atoms with Gasteiger partial charge in [0.2, 0.25) is 11.8 Å². The van der Waals surface area contributed by atoms with Crippen LogP contribution in [0.1, 0.15) is 29.5 Å². The van der Waals surface area contributed by atoms with Gasteiger partial charge in [-0.15, -0.1) is 0 Å². The Bertz CT molecular complexity index is 1570. The number of halogens is 3. The van der Waals surface area contributed by atoms with Gasteiger partial charge in [0.1, 0.15) is 23.1 Å². The maximum absolute atomic E-state index is 12.7. The Morgan fingerprint density at radius 2 is 1.84 bits per heavy atom. The molecule has 11 heteroatoms. The Hall–Kier alpha value is -4.43. The second-order valence-corrected chi connectivity index (χ2v) is 9.73. The van der Waals surface area contributed by atoms with Crippen molar-refractivity contribution in [2.24, 2.45) is 5.92 Å². The molecule has 0 spiro atoms. The van der Waals surface area contributed by atoms with E-state index in [1.54, 1.807) is 36.4 Å². The molecule has 0 bridgehead atoms. The molecular formula is C27H19F3N4O3S. The molecule has 3 aromatic carbocycles. The van der Waals surface area contributed by atoms with E-state index in [1.165, 1.54) is 23.5 Å². The van der Waals surface area contributed by atoms with E-state index in [4.69, 9.17) is 4.74 Å². The maximum atomic E-state index is 12.7. The molecule has 1 aromatic heterocycles. The molecule has 7 nitrogen and oxygen atoms in total. The van der Waals surface area contributed by atoms with Gasteiger partial charge in [0.05, 0.1) is 22.2 Å². The number of hydrogen-bond acceptors (Lipinski definition) is 6. The van der Waals surface area contributed by atoms with Crippen LogP contribution in [-0.2, 0) is 22.2 Å². The van der Waals surface area contributed by atoms with Gasteiger partial charge in [-0.25, -0.2) is 4.98 Å². The average molecular weight is 537 g/mol. The van der Waals surface area contributed by atoms with Crippen LogP contribution in [-0.4, -0.2) is 16.8 Å². The van der Waals surface area contributed by atoms with E-state index in [9.17, 15) is 28.0 Å². The normalized spacial score (nSPS) is 13.1. The Balaban J connectivity index is 1.28. The monoisotopic (exact) mass is 536 g/mol. The Labute approximate surface area is 218 Å². The zero-order valence-electron chi connectivity index (χ0n) is 19.6. The van der Waals surface area contributed by atoms with Crippen LogP contribution in [0.3, 0.4) is 0 Å². The van der Waals surface area contributed by atoms with Crippen LogP contribution in [0, 0.1) is 17.2 Å². The average Bonchev–Trinajstić information content (AvgIpc) is 3.64. The van der Waals surface area contributed by atoms with Crippen molar-refractivity contribution in [1.29, 1.82) is 5.26 Å². The summed E-state index contributed by atoms with van der Waals surface area (Å²) in [5.74, 6) is 0.193. The third kappa shape index (κ3) is 5.76. The predicted octanol–water partition coefficient (Wildman–Crippen LogP) is 6.51. The molecule has 1 heterocycles. The lowest BCUT2D eigenvalue weighted by molar-refractivity contribution is -0.137. The van der Waals surface area contributed by atoms with Gasteiger partial charge in [0.25, 0.3) is 0 Å². The molecule has 2 N–H and O–H groups in total. The van der Waals surface area contributed by atoms with Gasteiger partial charge in [-0.05, 0) is 54.8 Å². The molecule has 2 amide bonds. The number of anilines is 2. The lowest BCUT2D eigenvalue weighted by atomic mass is 10.1. The number of alkyl halides is 3. The van der Waals surface area contributed by atoms with E-state index in [2.05, 4.69) is 21.7 Å². The fraction of sp³-hybridized carbons (Fsp3) is 0.185. The lowest BCUT2D eigenvalue weighted by Gasteiger charge is -2.11. The van der Waals surface area contributed by atoms with Crippen molar-refractivity contribution < 1.29 is 27.5 Å². The molecule has 0 aliphatic heterocycles. The van der Waals surface area contributed by atoms with E-state index in [0.29, 0.717) is 32.3 Å². The van der Waals surface area contributed by atoms with Gasteiger partial charge in [-0.1, -0.05) is 29.5 Å². The largest absolute Gasteiger partial charge is 0.456 e. The Kier molecular flexibility index (Phi) is 6.73. The summed E-state index contributed by atoms with van der Waals surface area (Å²) in [6, 6.07) is 16.4. The molecule has 1 saturated carbocycles. The zero-order chi connectivity index (χ0) is 26.9. The molecule has 0 unspecified atom stereocenters. The molecule has 0 radical (unpaired) electrons. The number of carbonyl (C=O) groups excluding carboxylic acids is 2. The van der Waals surface area contributed by atoms with Crippen molar-refractivity contribution in [1.82, 2.24) is 4.98 Å². The SMILES string of the molecule is N#Cc1c(Oc2cccc(NC(=O)Cc3ccc(C(F)(F)F)cc3)c2)ccc2nc(NC(=O)C3CC3)sc12. The van der Waals surface area contributed by atoms with Crippen LogP contribution < -0.4 is 15.4 Å². The highest BCUT2D eigenvalue weighted by atomic mass is 32.1. The van der Waals surface area contributed by atoms with Crippen molar-refractivity contribution in [3.8, 4) is 17.6 Å². The van der Waals surface area contributed by atoms with Gasteiger partial charge >= 0.3 is 6.18 Å². The number of benzene rings is 3. The minimum Gasteiger partial charge on any atom is -0.456 e. The summed E-state index contributed by atoms with van der Waals surface area (Å²) in [6.07, 6.45) is -2.81. The fourth-order valence-electron chi connectivity index (χ4n) is 3.74. The van der Waals surface area contributed by atoms with E-state index < -0.39 is 17.6 Å². The highest BCUT2D eigenvalue weighted by Crippen LogP contribution is 2.37. The van der Waals surface area contributed by atoms with E-state index in [1.807, 2.05) is 0 Å². The van der Waals surface area contributed by atoms with E-state index in [-0.39, 0.29) is 29.6 Å². The molecule has 5 rings (SSSR count). The third-order valence-electron chi connectivity index (χ3n) is 5.80. The number of nitrogens with zero attached hydrogens (tertiary/aromatic N) is 2. The first kappa shape index (κ1) is 25.2. The second kappa shape index (κ2) is 10.1. The number of rotatable bonds is 7. The highest BCUT2D eigenvalue weighted by Gasteiger charge is 2.31. The zero-order valence-corrected chi connectivity index (χ0v) is 20.4. The summed E-state index contributed by atoms with van der Waals surface area (Å²) in [4.78, 5) is 28.9. The number of nitriles is 1. The van der Waals surface area contributed by atoms with Crippen LogP contribution in [0.15, 0.2) is 60.7 Å². The number of amides is 2. The van der Waals surface area contributed by atoms with Gasteiger partial charge in [0, 0.05) is 17.7 Å². The van der Waals surface area contributed by atoms with Crippen molar-refractivity contribution in [2.45, 2.75) is 25.4 Å². The summed E-state index contributed by atoms with van der Waals surface area (Å²) in [6.45, 7) is 0. The van der Waals surface area contributed by atoms with Crippen LogP contribution in [0.25, 0.3) is 10.2 Å². The quantitative estimate of drug-likeness (QED) is 0.280. The van der Waals surface area contributed by atoms with Gasteiger partial charge in [0.15, 0.2) is 5.13 Å². The first-order chi connectivity index (χ1) is 18.2. The predicted molar refractivity (Wildman–Crippen MR) is 136 cm³/mol. The lowest BCUT2D eigenvalue weighted by Crippen LogP contribution is -2.14. The number of carbonyl (C=O) groups is 2. The molecule has 1 aliphatic rings. The molecule has 1 aliphatic carbocycles. The standard InChI is InChI=1S/C27H19F3N4O3S/c28-27(29,30)17-8-4-15(5-9-17)12-23(35)32-18-2-1-3-19(13-18)37-22-11-10-21-24(20(22)14-31)38-26(33-21)34-25(36)16-6-7-16/h1-5,8-11,13,16H,6-7,12H2,(H,32,35)(H,33,34,36). The second-order valence-electron chi connectivity index (χ2n) is 8.73. The fourth-order valence-corrected chi connectivity index (χ4v) is 4.69. The summed E-state index contributed by atoms with van der Waals surface area (Å²) >= 11 is 1.20. The molecule has 1 fully saturated rings. The smallest absolute Gasteiger partial charge is 0.416 e. The minimum absolute atomic E-state index is 0.0269. The first-order valence-electron chi connectivity index (χ1n) is 11.6. The van der Waals surface area contributed by atoms with Crippen LogP contribution in [0.2, 0.25) is 0 Å².